The van der Waals surface area contributed by atoms with E-state index in [1.54, 1.807) is 12.1 Å². The van der Waals surface area contributed by atoms with Gasteiger partial charge in [-0.15, -0.1) is 0 Å². The Labute approximate surface area is 129 Å². The molecule has 5 nitrogen and oxygen atoms in total. The van der Waals surface area contributed by atoms with Crippen LogP contribution in [0.15, 0.2) is 42.7 Å². The van der Waals surface area contributed by atoms with Crippen LogP contribution in [0.4, 0.5) is 5.69 Å². The molecule has 0 saturated heterocycles. The topological polar surface area (TPSA) is 63.8 Å². The lowest BCUT2D eigenvalue weighted by molar-refractivity contribution is 0.296. The lowest BCUT2D eigenvalue weighted by Crippen LogP contribution is -2.08. The van der Waals surface area contributed by atoms with Gasteiger partial charge in [0.2, 0.25) is 0 Å². The molecule has 0 atom stereocenters. The van der Waals surface area contributed by atoms with Gasteiger partial charge in [0.15, 0.2) is 0 Å². The second-order valence-corrected chi connectivity index (χ2v) is 5.70. The third-order valence-electron chi connectivity index (χ3n) is 3.05. The predicted molar refractivity (Wildman–Crippen MR) is 85.7 cm³/mol. The molecule has 0 saturated carbocycles. The monoisotopic (exact) mass is 380 g/mol. The Morgan fingerprint density at radius 1 is 1.25 bits per heavy atom. The van der Waals surface area contributed by atoms with Crippen LogP contribution in [0, 0.1) is 15.7 Å². The summed E-state index contributed by atoms with van der Waals surface area (Å²) in [6, 6.07) is 9.23. The first-order valence-corrected chi connectivity index (χ1v) is 7.04. The number of imidazole rings is 1. The number of aryl methyl sites for hydroxylation is 1. The van der Waals surface area contributed by atoms with Gasteiger partial charge in [-0.1, -0.05) is 12.1 Å². The second-order valence-electron chi connectivity index (χ2n) is 4.54. The Balaban J connectivity index is 2.13. The summed E-state index contributed by atoms with van der Waals surface area (Å²) in [6.45, 7) is 2.02. The first kappa shape index (κ1) is 13.3. The minimum atomic E-state index is -0.120. The average Bonchev–Trinajstić information content (AvgIpc) is 2.81. The molecule has 1 aromatic carbocycles. The van der Waals surface area contributed by atoms with Crippen LogP contribution in [0.25, 0.3) is 16.9 Å². The average molecular weight is 380 g/mol. The van der Waals surface area contributed by atoms with Crippen LogP contribution in [0.3, 0.4) is 0 Å². The van der Waals surface area contributed by atoms with Crippen molar-refractivity contribution >= 4 is 33.9 Å². The van der Waals surface area contributed by atoms with Crippen molar-refractivity contribution in [2.45, 2.75) is 6.92 Å². The van der Waals surface area contributed by atoms with E-state index in [1.807, 2.05) is 64.5 Å². The Hall–Kier alpha value is -1.64. The van der Waals surface area contributed by atoms with E-state index in [0.29, 0.717) is 3.57 Å². The molecule has 0 aliphatic heterocycles. The molecule has 6 heteroatoms. The summed E-state index contributed by atoms with van der Waals surface area (Å²) >= 11 is 2.00. The number of nitrogens with zero attached hydrogens (tertiary/aromatic N) is 3. The quantitative estimate of drug-likeness (QED) is 0.545. The molecule has 3 rings (SSSR count). The van der Waals surface area contributed by atoms with Crippen molar-refractivity contribution < 1.29 is 5.21 Å². The van der Waals surface area contributed by atoms with E-state index in [-0.39, 0.29) is 10.9 Å². The fraction of sp³-hybridized carbons (Fsp3) is 0.0714. The van der Waals surface area contributed by atoms with Gasteiger partial charge >= 0.3 is 0 Å². The molecule has 0 unspecified atom stereocenters. The molecular formula is C14H11IN3O2-. The third kappa shape index (κ3) is 2.37. The van der Waals surface area contributed by atoms with Crippen LogP contribution < -0.4 is 5.23 Å². The number of halogens is 1. The molecule has 20 heavy (non-hydrogen) atoms. The van der Waals surface area contributed by atoms with Crippen molar-refractivity contribution in [3.63, 3.8) is 0 Å². The van der Waals surface area contributed by atoms with Crippen LogP contribution in [-0.2, 0) is 0 Å². The molecule has 2 heterocycles. The summed E-state index contributed by atoms with van der Waals surface area (Å²) in [5, 5.41) is 20.1. The van der Waals surface area contributed by atoms with E-state index >= 15 is 0 Å². The number of hydrogen-bond donors (Lipinski definition) is 1. The molecule has 2 aromatic heterocycles. The highest BCUT2D eigenvalue weighted by Crippen LogP contribution is 2.28. The van der Waals surface area contributed by atoms with Gasteiger partial charge < -0.3 is 14.8 Å². The van der Waals surface area contributed by atoms with Gasteiger partial charge in [0.1, 0.15) is 5.65 Å². The van der Waals surface area contributed by atoms with Crippen LogP contribution in [0.1, 0.15) is 5.56 Å². The van der Waals surface area contributed by atoms with Crippen molar-refractivity contribution in [1.82, 2.24) is 9.38 Å². The van der Waals surface area contributed by atoms with Crippen molar-refractivity contribution in [2.75, 3.05) is 5.23 Å². The number of aromatic nitrogens is 2. The molecule has 0 aliphatic carbocycles. The zero-order valence-electron chi connectivity index (χ0n) is 10.6. The zero-order valence-corrected chi connectivity index (χ0v) is 12.8. The molecule has 1 N–H and O–H groups in total. The summed E-state index contributed by atoms with van der Waals surface area (Å²) in [4.78, 5) is 4.51. The molecule has 3 aromatic rings. The normalized spacial score (nSPS) is 11.0. The molecule has 102 valence electrons. The number of anilines is 1. The van der Waals surface area contributed by atoms with Gasteiger partial charge in [0.05, 0.1) is 11.4 Å². The third-order valence-corrected chi connectivity index (χ3v) is 3.96. The van der Waals surface area contributed by atoms with E-state index in [9.17, 15) is 5.21 Å². The van der Waals surface area contributed by atoms with Gasteiger partial charge in [-0.3, -0.25) is 5.21 Å². The molecule has 0 radical (unpaired) electrons. The van der Waals surface area contributed by atoms with Gasteiger partial charge in [0, 0.05) is 21.5 Å². The van der Waals surface area contributed by atoms with Crippen LogP contribution in [0.2, 0.25) is 0 Å². The van der Waals surface area contributed by atoms with Gasteiger partial charge in [-0.2, -0.15) is 0 Å². The van der Waals surface area contributed by atoms with E-state index in [0.717, 1.165) is 22.5 Å². The summed E-state index contributed by atoms with van der Waals surface area (Å²) in [5.74, 6) is 0. The van der Waals surface area contributed by atoms with Gasteiger partial charge in [0.25, 0.3) is 0 Å². The van der Waals surface area contributed by atoms with Crippen molar-refractivity contribution in [2.24, 2.45) is 0 Å². The lowest BCUT2D eigenvalue weighted by Gasteiger charge is -2.23. The van der Waals surface area contributed by atoms with Crippen molar-refractivity contribution in [1.29, 1.82) is 0 Å². The maximum Gasteiger partial charge on any atom is 0.137 e. The number of fused-ring (bicyclic) bond motifs is 1. The number of benzene rings is 1. The highest BCUT2D eigenvalue weighted by atomic mass is 127. The number of pyridine rings is 1. The maximum absolute atomic E-state index is 11.1. The lowest BCUT2D eigenvalue weighted by atomic mass is 10.1. The molecular weight excluding hydrogens is 369 g/mol. The van der Waals surface area contributed by atoms with Crippen molar-refractivity contribution in [3.05, 3.63) is 57.1 Å². The standard InChI is InChI=1S/C14H11IN3O2/c1-9-2-5-14-16-12(8-17(14)7-9)10-3-4-11(15)13(6-10)18(19)20/h2-8,19H,1H3/q-1. The van der Waals surface area contributed by atoms with Crippen LogP contribution in [0.5, 0.6) is 0 Å². The Bertz CT molecular complexity index is 783. The maximum atomic E-state index is 11.1. The van der Waals surface area contributed by atoms with E-state index in [4.69, 9.17) is 5.21 Å². The van der Waals surface area contributed by atoms with Crippen molar-refractivity contribution in [3.8, 4) is 11.3 Å². The first-order valence-electron chi connectivity index (χ1n) is 5.96. The van der Waals surface area contributed by atoms with Crippen LogP contribution >= 0.6 is 22.6 Å². The summed E-state index contributed by atoms with van der Waals surface area (Å²) in [6.07, 6.45) is 3.90. The highest BCUT2D eigenvalue weighted by molar-refractivity contribution is 14.1. The zero-order chi connectivity index (χ0) is 14.3. The van der Waals surface area contributed by atoms with Gasteiger partial charge in [-0.25, -0.2) is 4.98 Å². The Morgan fingerprint density at radius 2 is 2.05 bits per heavy atom. The number of hydrogen-bond acceptors (Lipinski definition) is 4. The minimum absolute atomic E-state index is 0.120. The Kier molecular flexibility index (Phi) is 3.36. The molecule has 0 fully saturated rings. The van der Waals surface area contributed by atoms with E-state index < -0.39 is 0 Å². The minimum Gasteiger partial charge on any atom is -0.733 e. The Morgan fingerprint density at radius 3 is 2.80 bits per heavy atom. The molecule has 0 bridgehead atoms. The summed E-state index contributed by atoms with van der Waals surface area (Å²) in [5.41, 5.74) is 3.75. The fourth-order valence-corrected chi connectivity index (χ4v) is 2.60. The van der Waals surface area contributed by atoms with E-state index in [1.165, 1.54) is 0 Å². The smallest absolute Gasteiger partial charge is 0.137 e. The van der Waals surface area contributed by atoms with E-state index in [2.05, 4.69) is 4.98 Å². The highest BCUT2D eigenvalue weighted by Gasteiger charge is 2.08. The molecule has 0 amide bonds. The first-order chi connectivity index (χ1) is 9.54. The largest absolute Gasteiger partial charge is 0.733 e. The molecule has 0 aliphatic rings. The predicted octanol–water partition coefficient (Wildman–Crippen LogP) is 3.61. The van der Waals surface area contributed by atoms with Gasteiger partial charge in [-0.05, 0) is 53.3 Å². The SMILES string of the molecule is Cc1ccc2nc(-c3ccc(I)c(N([O-])O)c3)cn2c1. The summed E-state index contributed by atoms with van der Waals surface area (Å²) in [7, 11) is 0. The molecule has 0 spiro atoms. The number of rotatable bonds is 2. The second kappa shape index (κ2) is 5.04. The fourth-order valence-electron chi connectivity index (χ4n) is 2.06. The summed E-state index contributed by atoms with van der Waals surface area (Å²) < 4.78 is 2.62. The van der Waals surface area contributed by atoms with Crippen LogP contribution in [-0.4, -0.2) is 14.6 Å².